The van der Waals surface area contributed by atoms with Gasteiger partial charge in [-0.1, -0.05) is 15.9 Å². The van der Waals surface area contributed by atoms with Crippen molar-refractivity contribution in [1.29, 1.82) is 0 Å². The van der Waals surface area contributed by atoms with E-state index in [0.717, 1.165) is 0 Å². The lowest BCUT2D eigenvalue weighted by Crippen LogP contribution is -2.49. The molecule has 84 valence electrons. The van der Waals surface area contributed by atoms with Crippen molar-refractivity contribution in [3.63, 3.8) is 0 Å². The van der Waals surface area contributed by atoms with Crippen LogP contribution >= 0.6 is 15.9 Å². The first-order chi connectivity index (χ1) is 7.56. The van der Waals surface area contributed by atoms with Gasteiger partial charge >= 0.3 is 6.03 Å². The smallest absolute Gasteiger partial charge is 0.293 e. The molecular weight excluding hydrogens is 279 g/mol. The van der Waals surface area contributed by atoms with Gasteiger partial charge in [0.1, 0.15) is 5.82 Å². The number of anilines is 1. The molecule has 1 aliphatic rings. The molecule has 1 saturated heterocycles. The summed E-state index contributed by atoms with van der Waals surface area (Å²) in [6.07, 6.45) is 0.222. The van der Waals surface area contributed by atoms with Crippen molar-refractivity contribution in [2.24, 2.45) is 0 Å². The lowest BCUT2D eigenvalue weighted by atomic mass is 10.2. The van der Waals surface area contributed by atoms with Crippen LogP contribution in [-0.4, -0.2) is 18.5 Å². The van der Waals surface area contributed by atoms with Gasteiger partial charge in [0.05, 0.1) is 0 Å². The molecule has 0 radical (unpaired) electrons. The molecule has 4 nitrogen and oxygen atoms in total. The minimum Gasteiger partial charge on any atom is -0.293 e. The molecule has 6 heteroatoms. The maximum absolute atomic E-state index is 13.1. The summed E-state index contributed by atoms with van der Waals surface area (Å²) in [6.45, 7) is 0.264. The third-order valence-corrected chi connectivity index (χ3v) is 2.67. The zero-order chi connectivity index (χ0) is 11.7. The standard InChI is InChI=1S/C10H8BrFN2O2/c11-6-3-7(12)5-8(4-6)14-2-1-9(15)13-10(14)16/h3-5H,1-2H2,(H,13,15,16). The number of carbonyl (C=O) groups is 2. The Kier molecular flexibility index (Phi) is 2.91. The number of nitrogens with one attached hydrogen (secondary N) is 1. The highest BCUT2D eigenvalue weighted by Gasteiger charge is 2.24. The van der Waals surface area contributed by atoms with E-state index in [1.165, 1.54) is 17.0 Å². The Balaban J connectivity index is 2.30. The molecule has 0 spiro atoms. The number of amides is 3. The van der Waals surface area contributed by atoms with Crippen LogP contribution in [0.4, 0.5) is 14.9 Å². The number of imide groups is 1. The van der Waals surface area contributed by atoms with E-state index in [9.17, 15) is 14.0 Å². The van der Waals surface area contributed by atoms with Crippen LogP contribution in [0.3, 0.4) is 0 Å². The Morgan fingerprint density at radius 3 is 2.69 bits per heavy atom. The molecule has 0 aromatic heterocycles. The first-order valence-electron chi connectivity index (χ1n) is 4.64. The monoisotopic (exact) mass is 286 g/mol. The van der Waals surface area contributed by atoms with Gasteiger partial charge in [-0.05, 0) is 18.2 Å². The van der Waals surface area contributed by atoms with Gasteiger partial charge in [0.2, 0.25) is 5.91 Å². The van der Waals surface area contributed by atoms with E-state index in [1.807, 2.05) is 0 Å². The maximum atomic E-state index is 13.1. The molecule has 1 aliphatic heterocycles. The molecule has 1 fully saturated rings. The molecule has 0 unspecified atom stereocenters. The Morgan fingerprint density at radius 2 is 2.06 bits per heavy atom. The SMILES string of the molecule is O=C1CCN(c2cc(F)cc(Br)c2)C(=O)N1. The number of nitrogens with zero attached hydrogens (tertiary/aromatic N) is 1. The second-order valence-electron chi connectivity index (χ2n) is 3.38. The molecule has 0 saturated carbocycles. The van der Waals surface area contributed by atoms with E-state index in [1.54, 1.807) is 6.07 Å². The average molecular weight is 287 g/mol. The second-order valence-corrected chi connectivity index (χ2v) is 4.30. The van der Waals surface area contributed by atoms with Crippen LogP contribution in [0.2, 0.25) is 0 Å². The number of hydrogen-bond donors (Lipinski definition) is 1. The number of urea groups is 1. The van der Waals surface area contributed by atoms with Crippen LogP contribution in [-0.2, 0) is 4.79 Å². The molecule has 2 rings (SSSR count). The summed E-state index contributed by atoms with van der Waals surface area (Å²) < 4.78 is 13.7. The number of hydrogen-bond acceptors (Lipinski definition) is 2. The minimum atomic E-state index is -0.520. The summed E-state index contributed by atoms with van der Waals surface area (Å²) in [6, 6.07) is 3.66. The Hall–Kier alpha value is -1.43. The summed E-state index contributed by atoms with van der Waals surface area (Å²) in [5, 5.41) is 2.18. The lowest BCUT2D eigenvalue weighted by molar-refractivity contribution is -0.120. The molecular formula is C10H8BrFN2O2. The highest BCUT2D eigenvalue weighted by atomic mass is 79.9. The predicted octanol–water partition coefficient (Wildman–Crippen LogP) is 2.03. The van der Waals surface area contributed by atoms with Gasteiger partial charge in [-0.3, -0.25) is 15.0 Å². The fourth-order valence-electron chi connectivity index (χ4n) is 1.51. The molecule has 1 heterocycles. The van der Waals surface area contributed by atoms with Crippen LogP contribution in [0.1, 0.15) is 6.42 Å². The summed E-state index contributed by atoms with van der Waals surface area (Å²) in [5.74, 6) is -0.745. The Bertz CT molecular complexity index is 444. The fourth-order valence-corrected chi connectivity index (χ4v) is 1.96. The minimum absolute atomic E-state index is 0.222. The topological polar surface area (TPSA) is 49.4 Å². The second kappa shape index (κ2) is 4.21. The molecule has 1 aromatic carbocycles. The van der Waals surface area contributed by atoms with E-state index < -0.39 is 11.8 Å². The summed E-state index contributed by atoms with van der Waals surface area (Å²) in [7, 11) is 0. The third kappa shape index (κ3) is 2.21. The maximum Gasteiger partial charge on any atom is 0.328 e. The number of benzene rings is 1. The fraction of sp³-hybridized carbons (Fsp3) is 0.200. The zero-order valence-corrected chi connectivity index (χ0v) is 9.75. The van der Waals surface area contributed by atoms with E-state index >= 15 is 0 Å². The van der Waals surface area contributed by atoms with E-state index in [4.69, 9.17) is 0 Å². The third-order valence-electron chi connectivity index (χ3n) is 2.21. The van der Waals surface area contributed by atoms with Crippen molar-refractivity contribution in [3.8, 4) is 0 Å². The van der Waals surface area contributed by atoms with Gasteiger partial charge in [-0.25, -0.2) is 9.18 Å². The predicted molar refractivity (Wildman–Crippen MR) is 59.6 cm³/mol. The van der Waals surface area contributed by atoms with Crippen molar-refractivity contribution < 1.29 is 14.0 Å². The molecule has 3 amide bonds. The highest BCUT2D eigenvalue weighted by Crippen LogP contribution is 2.23. The van der Waals surface area contributed by atoms with Crippen molar-refractivity contribution in [3.05, 3.63) is 28.5 Å². The van der Waals surface area contributed by atoms with Crippen LogP contribution < -0.4 is 10.2 Å². The molecule has 0 bridgehead atoms. The quantitative estimate of drug-likeness (QED) is 0.859. The highest BCUT2D eigenvalue weighted by molar-refractivity contribution is 9.10. The van der Waals surface area contributed by atoms with Crippen LogP contribution in [0.25, 0.3) is 0 Å². The zero-order valence-electron chi connectivity index (χ0n) is 8.17. The van der Waals surface area contributed by atoms with Crippen LogP contribution in [0, 0.1) is 5.82 Å². The Labute approximate surface area is 99.6 Å². The molecule has 1 N–H and O–H groups in total. The number of rotatable bonds is 1. The number of halogens is 2. The largest absolute Gasteiger partial charge is 0.328 e. The van der Waals surface area contributed by atoms with Crippen molar-refractivity contribution >= 4 is 33.6 Å². The first-order valence-corrected chi connectivity index (χ1v) is 5.43. The van der Waals surface area contributed by atoms with Crippen molar-refractivity contribution in [1.82, 2.24) is 5.32 Å². The summed E-state index contributed by atoms with van der Waals surface area (Å²) in [5.41, 5.74) is 0.428. The van der Waals surface area contributed by atoms with Gasteiger partial charge in [-0.2, -0.15) is 0 Å². The van der Waals surface area contributed by atoms with Gasteiger partial charge in [0.25, 0.3) is 0 Å². The van der Waals surface area contributed by atoms with E-state index in [2.05, 4.69) is 21.2 Å². The van der Waals surface area contributed by atoms with Gasteiger partial charge in [0, 0.05) is 23.1 Å². The summed E-state index contributed by atoms with van der Waals surface area (Å²) >= 11 is 3.15. The molecule has 0 atom stereocenters. The van der Waals surface area contributed by atoms with Crippen molar-refractivity contribution in [2.75, 3.05) is 11.4 Å². The van der Waals surface area contributed by atoms with Gasteiger partial charge in [-0.15, -0.1) is 0 Å². The van der Waals surface area contributed by atoms with E-state index in [-0.39, 0.29) is 18.9 Å². The molecule has 0 aliphatic carbocycles. The first kappa shape index (κ1) is 11.1. The lowest BCUT2D eigenvalue weighted by Gasteiger charge is -2.26. The normalized spacial score (nSPS) is 16.2. The molecule has 1 aromatic rings. The average Bonchev–Trinajstić information content (AvgIpc) is 2.15. The van der Waals surface area contributed by atoms with Crippen molar-refractivity contribution in [2.45, 2.75) is 6.42 Å². The van der Waals surface area contributed by atoms with E-state index in [0.29, 0.717) is 10.2 Å². The van der Waals surface area contributed by atoms with Gasteiger partial charge in [0.15, 0.2) is 0 Å². The van der Waals surface area contributed by atoms with Crippen LogP contribution in [0.5, 0.6) is 0 Å². The molecule has 16 heavy (non-hydrogen) atoms. The number of carbonyl (C=O) groups excluding carboxylic acids is 2. The van der Waals surface area contributed by atoms with Crippen LogP contribution in [0.15, 0.2) is 22.7 Å². The summed E-state index contributed by atoms with van der Waals surface area (Å²) in [4.78, 5) is 23.8. The Morgan fingerprint density at radius 1 is 1.31 bits per heavy atom. The van der Waals surface area contributed by atoms with Gasteiger partial charge < -0.3 is 0 Å².